The van der Waals surface area contributed by atoms with E-state index in [1.165, 1.54) is 0 Å². The fourth-order valence-electron chi connectivity index (χ4n) is 3.88. The maximum absolute atomic E-state index is 14.5. The molecule has 3 heterocycles. The van der Waals surface area contributed by atoms with Gasteiger partial charge in [0.05, 0.1) is 35.4 Å². The molecule has 7 heteroatoms. The van der Waals surface area contributed by atoms with E-state index in [1.54, 1.807) is 13.1 Å². The number of anilines is 1. The van der Waals surface area contributed by atoms with Gasteiger partial charge in [-0.2, -0.15) is 0 Å². The van der Waals surface area contributed by atoms with Crippen molar-refractivity contribution >= 4 is 22.4 Å². The number of pyridine rings is 2. The van der Waals surface area contributed by atoms with Crippen LogP contribution >= 0.6 is 0 Å². The molecule has 1 aliphatic heterocycles. The highest BCUT2D eigenvalue weighted by molar-refractivity contribution is 5.94. The van der Waals surface area contributed by atoms with Crippen LogP contribution in [0.4, 0.5) is 14.5 Å². The van der Waals surface area contributed by atoms with E-state index in [0.29, 0.717) is 28.7 Å². The van der Waals surface area contributed by atoms with E-state index >= 15 is 0 Å². The number of nitrogens with one attached hydrogen (secondary N) is 1. The van der Waals surface area contributed by atoms with E-state index in [1.807, 2.05) is 31.2 Å². The first kappa shape index (κ1) is 19.1. The van der Waals surface area contributed by atoms with Gasteiger partial charge in [0, 0.05) is 23.9 Å². The summed E-state index contributed by atoms with van der Waals surface area (Å²) in [6.45, 7) is 6.06. The molecule has 150 valence electrons. The largest absolute Gasteiger partial charge is 0.399 e. The molecule has 4 rings (SSSR count). The monoisotopic (exact) mass is 396 g/mol. The lowest BCUT2D eigenvalue weighted by Gasteiger charge is -2.18. The number of nitrogens with two attached hydrogens (primary N) is 1. The van der Waals surface area contributed by atoms with Crippen molar-refractivity contribution in [1.82, 2.24) is 9.55 Å². The lowest BCUT2D eigenvalue weighted by molar-refractivity contribution is -0.000839. The molecule has 0 saturated heterocycles. The number of benzene rings is 1. The normalized spacial score (nSPS) is 15.0. The maximum atomic E-state index is 14.5. The van der Waals surface area contributed by atoms with Gasteiger partial charge in [-0.05, 0) is 25.0 Å². The van der Waals surface area contributed by atoms with Gasteiger partial charge in [0.2, 0.25) is 0 Å². The number of hydrogen-bond acceptors (Lipinski definition) is 4. The summed E-state index contributed by atoms with van der Waals surface area (Å²) < 4.78 is 30.0. The molecular formula is C22H22F2N4O. The molecule has 0 amide bonds. The van der Waals surface area contributed by atoms with Gasteiger partial charge in [-0.25, -0.2) is 8.78 Å². The zero-order chi connectivity index (χ0) is 20.9. The molecular weight excluding hydrogens is 374 g/mol. The van der Waals surface area contributed by atoms with Crippen molar-refractivity contribution in [2.75, 3.05) is 11.9 Å². The molecule has 3 aromatic rings. The second-order valence-corrected chi connectivity index (χ2v) is 7.64. The van der Waals surface area contributed by atoms with Crippen LogP contribution in [0.25, 0.3) is 16.7 Å². The number of rotatable bonds is 3. The van der Waals surface area contributed by atoms with Crippen molar-refractivity contribution in [2.45, 2.75) is 32.7 Å². The predicted octanol–water partition coefficient (Wildman–Crippen LogP) is 3.59. The minimum atomic E-state index is -3.10. The average Bonchev–Trinajstić information content (AvgIpc) is 2.79. The Kier molecular flexibility index (Phi) is 4.41. The minimum absolute atomic E-state index is 0.0470. The minimum Gasteiger partial charge on any atom is -0.399 e. The zero-order valence-corrected chi connectivity index (χ0v) is 16.4. The first-order chi connectivity index (χ1) is 13.7. The molecule has 1 aliphatic rings. The Bertz CT molecular complexity index is 1200. The summed E-state index contributed by atoms with van der Waals surface area (Å²) in [5.41, 5.74) is 10.3. The highest BCUT2D eigenvalue weighted by atomic mass is 19.3. The lowest BCUT2D eigenvalue weighted by Crippen LogP contribution is -2.35. The second kappa shape index (κ2) is 6.69. The van der Waals surface area contributed by atoms with Crippen LogP contribution in [-0.4, -0.2) is 22.0 Å². The summed E-state index contributed by atoms with van der Waals surface area (Å²) in [5, 5.41) is 2.88. The Labute approximate surface area is 166 Å². The SMILES string of the molecule is C=C(N)c1c(C)c2ncc(Cc3ccc(C)cc3)c3c2n(c1=O)CC(F)(F)CN3. The van der Waals surface area contributed by atoms with Crippen LogP contribution in [0.2, 0.25) is 0 Å². The molecule has 3 N–H and O–H groups in total. The van der Waals surface area contributed by atoms with E-state index in [2.05, 4.69) is 16.9 Å². The molecule has 0 radical (unpaired) electrons. The molecule has 5 nitrogen and oxygen atoms in total. The smallest absolute Gasteiger partial charge is 0.282 e. The predicted molar refractivity (Wildman–Crippen MR) is 111 cm³/mol. The molecule has 29 heavy (non-hydrogen) atoms. The van der Waals surface area contributed by atoms with E-state index < -0.39 is 24.6 Å². The second-order valence-electron chi connectivity index (χ2n) is 7.64. The summed E-state index contributed by atoms with van der Waals surface area (Å²) in [6, 6.07) is 8.00. The Morgan fingerprint density at radius 3 is 2.66 bits per heavy atom. The van der Waals surface area contributed by atoms with Crippen LogP contribution < -0.4 is 16.6 Å². The fraction of sp³-hybridized carbons (Fsp3) is 0.273. The zero-order valence-electron chi connectivity index (χ0n) is 16.4. The summed E-state index contributed by atoms with van der Waals surface area (Å²) in [6.07, 6.45) is 2.19. The van der Waals surface area contributed by atoms with E-state index in [4.69, 9.17) is 5.73 Å². The summed E-state index contributed by atoms with van der Waals surface area (Å²) in [7, 11) is 0. The third-order valence-electron chi connectivity index (χ3n) is 5.34. The standard InChI is InChI=1S/C22H22F2N4O/c1-12-4-6-15(7-5-12)8-16-9-26-18-13(2)17(14(3)25)21(29)28-11-22(23,24)10-27-19(16)20(18)28/h4-7,9,27H,3,8,10-11,25H2,1-2H3. The lowest BCUT2D eigenvalue weighted by atomic mass is 10.0. The third-order valence-corrected chi connectivity index (χ3v) is 5.34. The van der Waals surface area contributed by atoms with Crippen LogP contribution in [-0.2, 0) is 13.0 Å². The van der Waals surface area contributed by atoms with Crippen molar-refractivity contribution < 1.29 is 8.78 Å². The fourth-order valence-corrected chi connectivity index (χ4v) is 3.88. The van der Waals surface area contributed by atoms with E-state index in [0.717, 1.165) is 21.3 Å². The molecule has 0 atom stereocenters. The van der Waals surface area contributed by atoms with Crippen LogP contribution in [0.5, 0.6) is 0 Å². The van der Waals surface area contributed by atoms with Gasteiger partial charge in [-0.1, -0.05) is 36.4 Å². The number of nitrogens with zero attached hydrogens (tertiary/aromatic N) is 2. The van der Waals surface area contributed by atoms with Crippen molar-refractivity contribution in [3.63, 3.8) is 0 Å². The van der Waals surface area contributed by atoms with Crippen molar-refractivity contribution in [3.05, 3.63) is 75.2 Å². The molecule has 0 aliphatic carbocycles. The highest BCUT2D eigenvalue weighted by Crippen LogP contribution is 2.34. The number of halogens is 2. The van der Waals surface area contributed by atoms with Crippen LogP contribution in [0.15, 0.2) is 41.8 Å². The average molecular weight is 396 g/mol. The molecule has 2 aromatic heterocycles. The molecule has 0 spiro atoms. The Hall–Kier alpha value is -3.22. The van der Waals surface area contributed by atoms with E-state index in [-0.39, 0.29) is 11.3 Å². The first-order valence-electron chi connectivity index (χ1n) is 9.35. The van der Waals surface area contributed by atoms with Gasteiger partial charge < -0.3 is 11.1 Å². The highest BCUT2D eigenvalue weighted by Gasteiger charge is 2.35. The van der Waals surface area contributed by atoms with Crippen molar-refractivity contribution in [2.24, 2.45) is 5.73 Å². The van der Waals surface area contributed by atoms with Gasteiger partial charge in [-0.15, -0.1) is 0 Å². The molecule has 0 bridgehead atoms. The van der Waals surface area contributed by atoms with Crippen LogP contribution in [0.3, 0.4) is 0 Å². The quantitative estimate of drug-likeness (QED) is 0.710. The Morgan fingerprint density at radius 1 is 1.31 bits per heavy atom. The summed E-state index contributed by atoms with van der Waals surface area (Å²) >= 11 is 0. The number of alkyl halides is 2. The Balaban J connectivity index is 2.00. The number of hydrogen-bond donors (Lipinski definition) is 2. The van der Waals surface area contributed by atoms with E-state index in [9.17, 15) is 13.6 Å². The third kappa shape index (κ3) is 3.26. The molecule has 0 fully saturated rings. The Morgan fingerprint density at radius 2 is 2.00 bits per heavy atom. The van der Waals surface area contributed by atoms with Gasteiger partial charge in [0.15, 0.2) is 0 Å². The van der Waals surface area contributed by atoms with Gasteiger partial charge in [0.25, 0.3) is 11.5 Å². The van der Waals surface area contributed by atoms with Crippen LogP contribution in [0, 0.1) is 13.8 Å². The number of aromatic nitrogens is 2. The van der Waals surface area contributed by atoms with Gasteiger partial charge >= 0.3 is 0 Å². The van der Waals surface area contributed by atoms with Crippen molar-refractivity contribution in [3.8, 4) is 0 Å². The van der Waals surface area contributed by atoms with Crippen LogP contribution in [0.1, 0.15) is 27.8 Å². The maximum Gasteiger partial charge on any atom is 0.282 e. The topological polar surface area (TPSA) is 72.9 Å². The van der Waals surface area contributed by atoms with Crippen molar-refractivity contribution in [1.29, 1.82) is 0 Å². The van der Waals surface area contributed by atoms with Gasteiger partial charge in [0.1, 0.15) is 0 Å². The molecule has 0 saturated carbocycles. The first-order valence-corrected chi connectivity index (χ1v) is 9.35. The molecule has 1 aromatic carbocycles. The summed E-state index contributed by atoms with van der Waals surface area (Å²) in [5.74, 6) is -3.10. The number of aryl methyl sites for hydroxylation is 2. The van der Waals surface area contributed by atoms with Gasteiger partial charge in [-0.3, -0.25) is 14.3 Å². The molecule has 0 unspecified atom stereocenters. The summed E-state index contributed by atoms with van der Waals surface area (Å²) in [4.78, 5) is 17.6.